The summed E-state index contributed by atoms with van der Waals surface area (Å²) in [4.78, 5) is 8.59. The quantitative estimate of drug-likeness (QED) is 0.202. The maximum atomic E-state index is 5.93. The molecule has 2 heterocycles. The van der Waals surface area contributed by atoms with Gasteiger partial charge in [0.25, 0.3) is 0 Å². The van der Waals surface area contributed by atoms with Crippen LogP contribution in [-0.4, -0.2) is 56.6 Å². The smallest absolute Gasteiger partial charge is 0.213 e. The van der Waals surface area contributed by atoms with Crippen molar-refractivity contribution in [3.05, 3.63) is 23.9 Å². The molecule has 2 rings (SSSR count). The van der Waals surface area contributed by atoms with Crippen LogP contribution in [0.1, 0.15) is 45.6 Å². The number of nitrogens with one attached hydrogen (secondary N) is 2. The number of pyridine rings is 1. The van der Waals surface area contributed by atoms with Gasteiger partial charge in [0.15, 0.2) is 5.96 Å². The molecule has 1 aromatic heterocycles. The maximum Gasteiger partial charge on any atom is 0.213 e. The molecule has 0 amide bonds. The van der Waals surface area contributed by atoms with Crippen molar-refractivity contribution in [2.45, 2.75) is 58.8 Å². The van der Waals surface area contributed by atoms with Gasteiger partial charge in [0.1, 0.15) is 0 Å². The lowest BCUT2D eigenvalue weighted by atomic mass is 10.1. The van der Waals surface area contributed by atoms with E-state index in [9.17, 15) is 0 Å². The second kappa shape index (κ2) is 14.8. The Kier molecular flexibility index (Phi) is 13.2. The third-order valence-electron chi connectivity index (χ3n) is 4.46. The molecule has 8 heteroatoms. The second-order valence-electron chi connectivity index (χ2n) is 7.62. The van der Waals surface area contributed by atoms with Crippen molar-refractivity contribution in [2.24, 2.45) is 10.9 Å². The SMILES string of the molecule is CN=C(NCCCOC1CCOC1)NCc1ccnc(OC(C)CC(C)C)c1.I. The van der Waals surface area contributed by atoms with E-state index in [0.29, 0.717) is 18.3 Å². The van der Waals surface area contributed by atoms with Crippen LogP contribution in [0.3, 0.4) is 0 Å². The topological polar surface area (TPSA) is 77.0 Å². The molecule has 1 fully saturated rings. The summed E-state index contributed by atoms with van der Waals surface area (Å²) in [7, 11) is 1.77. The zero-order valence-electron chi connectivity index (χ0n) is 18.1. The molecule has 0 aromatic carbocycles. The van der Waals surface area contributed by atoms with Gasteiger partial charge in [0.2, 0.25) is 5.88 Å². The summed E-state index contributed by atoms with van der Waals surface area (Å²) in [5, 5.41) is 6.64. The first-order valence-electron chi connectivity index (χ1n) is 10.3. The Balaban J connectivity index is 0.00000420. The lowest BCUT2D eigenvalue weighted by molar-refractivity contribution is 0.0420. The number of hydrogen-bond donors (Lipinski definition) is 2. The van der Waals surface area contributed by atoms with E-state index in [-0.39, 0.29) is 36.2 Å². The number of halogens is 1. The Bertz CT molecular complexity index is 595. The van der Waals surface area contributed by atoms with Gasteiger partial charge in [-0.2, -0.15) is 0 Å². The average molecular weight is 520 g/mol. The molecule has 7 nitrogen and oxygen atoms in total. The third-order valence-corrected chi connectivity index (χ3v) is 4.46. The first-order chi connectivity index (χ1) is 13.6. The molecule has 29 heavy (non-hydrogen) atoms. The molecule has 0 saturated carbocycles. The molecule has 1 aromatic rings. The van der Waals surface area contributed by atoms with Crippen molar-refractivity contribution in [3.8, 4) is 5.88 Å². The number of nitrogens with zero attached hydrogens (tertiary/aromatic N) is 2. The van der Waals surface area contributed by atoms with Crippen LogP contribution in [0.25, 0.3) is 0 Å². The lowest BCUT2D eigenvalue weighted by Gasteiger charge is -2.16. The number of aromatic nitrogens is 1. The van der Waals surface area contributed by atoms with Gasteiger partial charge in [0, 0.05) is 45.6 Å². The molecule has 0 spiro atoms. The predicted molar refractivity (Wildman–Crippen MR) is 127 cm³/mol. The summed E-state index contributed by atoms with van der Waals surface area (Å²) in [6.45, 7) is 10.2. The van der Waals surface area contributed by atoms with Gasteiger partial charge in [-0.15, -0.1) is 24.0 Å². The van der Waals surface area contributed by atoms with Crippen LogP contribution in [0.2, 0.25) is 0 Å². The average Bonchev–Trinajstić information content (AvgIpc) is 3.17. The van der Waals surface area contributed by atoms with Crippen LogP contribution < -0.4 is 15.4 Å². The molecule has 166 valence electrons. The lowest BCUT2D eigenvalue weighted by Crippen LogP contribution is -2.37. The van der Waals surface area contributed by atoms with Crippen molar-refractivity contribution < 1.29 is 14.2 Å². The molecular formula is C21H37IN4O3. The van der Waals surface area contributed by atoms with Crippen molar-refractivity contribution in [1.29, 1.82) is 0 Å². The molecule has 1 aliphatic heterocycles. The summed E-state index contributed by atoms with van der Waals surface area (Å²) in [5.41, 5.74) is 1.11. The molecular weight excluding hydrogens is 483 g/mol. The van der Waals surface area contributed by atoms with Gasteiger partial charge in [-0.25, -0.2) is 4.98 Å². The fourth-order valence-corrected chi connectivity index (χ4v) is 3.12. The number of rotatable bonds is 11. The van der Waals surface area contributed by atoms with Crippen molar-refractivity contribution in [3.63, 3.8) is 0 Å². The highest BCUT2D eigenvalue weighted by Gasteiger charge is 2.15. The minimum atomic E-state index is 0. The van der Waals surface area contributed by atoms with E-state index in [1.807, 2.05) is 12.1 Å². The fraction of sp³-hybridized carbons (Fsp3) is 0.714. The first-order valence-corrected chi connectivity index (χ1v) is 10.3. The van der Waals surface area contributed by atoms with Gasteiger partial charge in [-0.1, -0.05) is 13.8 Å². The molecule has 0 radical (unpaired) electrons. The van der Waals surface area contributed by atoms with E-state index in [2.05, 4.69) is 41.4 Å². The molecule has 0 aliphatic carbocycles. The molecule has 1 saturated heterocycles. The van der Waals surface area contributed by atoms with Gasteiger partial charge >= 0.3 is 0 Å². The summed E-state index contributed by atoms with van der Waals surface area (Å²) in [6.07, 6.45) is 5.15. The summed E-state index contributed by atoms with van der Waals surface area (Å²) < 4.78 is 17.0. The van der Waals surface area contributed by atoms with Crippen LogP contribution in [0, 0.1) is 5.92 Å². The highest BCUT2D eigenvalue weighted by Crippen LogP contribution is 2.15. The van der Waals surface area contributed by atoms with Crippen molar-refractivity contribution in [1.82, 2.24) is 15.6 Å². The van der Waals surface area contributed by atoms with Crippen LogP contribution >= 0.6 is 24.0 Å². The van der Waals surface area contributed by atoms with E-state index < -0.39 is 0 Å². The van der Waals surface area contributed by atoms with Crippen LogP contribution in [0.4, 0.5) is 0 Å². The van der Waals surface area contributed by atoms with E-state index in [1.165, 1.54) is 0 Å². The monoisotopic (exact) mass is 520 g/mol. The maximum absolute atomic E-state index is 5.93. The minimum absolute atomic E-state index is 0. The predicted octanol–water partition coefficient (Wildman–Crippen LogP) is 3.37. The minimum Gasteiger partial charge on any atom is -0.475 e. The Hall–Kier alpha value is -1.13. The van der Waals surface area contributed by atoms with E-state index in [0.717, 1.165) is 57.2 Å². The molecule has 2 atom stereocenters. The zero-order chi connectivity index (χ0) is 20.2. The van der Waals surface area contributed by atoms with E-state index in [4.69, 9.17) is 14.2 Å². The molecule has 1 aliphatic rings. The van der Waals surface area contributed by atoms with Gasteiger partial charge in [-0.3, -0.25) is 4.99 Å². The van der Waals surface area contributed by atoms with Crippen molar-refractivity contribution in [2.75, 3.05) is 33.4 Å². The Labute approximate surface area is 192 Å². The van der Waals surface area contributed by atoms with Crippen molar-refractivity contribution >= 4 is 29.9 Å². The standard InChI is InChI=1S/C21H36N4O3.HI/c1-16(2)12-17(3)28-20-13-18(6-9-23-20)14-25-21(22-4)24-8-5-10-27-19-7-11-26-15-19;/h6,9,13,16-17,19H,5,7-8,10-12,14-15H2,1-4H3,(H2,22,24,25);1H. The molecule has 2 unspecified atom stereocenters. The Morgan fingerprint density at radius 2 is 2.17 bits per heavy atom. The Morgan fingerprint density at radius 3 is 2.86 bits per heavy atom. The first kappa shape index (κ1) is 25.9. The second-order valence-corrected chi connectivity index (χ2v) is 7.62. The van der Waals surface area contributed by atoms with Crippen LogP contribution in [0.15, 0.2) is 23.3 Å². The highest BCUT2D eigenvalue weighted by molar-refractivity contribution is 14.0. The zero-order valence-corrected chi connectivity index (χ0v) is 20.5. The van der Waals surface area contributed by atoms with Gasteiger partial charge in [-0.05, 0) is 43.7 Å². The normalized spacial score (nSPS) is 17.7. The van der Waals surface area contributed by atoms with Gasteiger partial charge in [0.05, 0.1) is 18.8 Å². The largest absolute Gasteiger partial charge is 0.475 e. The molecule has 2 N–H and O–H groups in total. The van der Waals surface area contributed by atoms with E-state index in [1.54, 1.807) is 13.2 Å². The summed E-state index contributed by atoms with van der Waals surface area (Å²) >= 11 is 0. The Morgan fingerprint density at radius 1 is 1.34 bits per heavy atom. The molecule has 0 bridgehead atoms. The highest BCUT2D eigenvalue weighted by atomic mass is 127. The summed E-state index contributed by atoms with van der Waals surface area (Å²) in [6, 6.07) is 3.96. The number of hydrogen-bond acceptors (Lipinski definition) is 5. The van der Waals surface area contributed by atoms with Crippen LogP contribution in [0.5, 0.6) is 5.88 Å². The van der Waals surface area contributed by atoms with E-state index >= 15 is 0 Å². The number of guanidine groups is 1. The number of aliphatic imine (C=N–C) groups is 1. The summed E-state index contributed by atoms with van der Waals surface area (Å²) in [5.74, 6) is 2.05. The van der Waals surface area contributed by atoms with Crippen LogP contribution in [-0.2, 0) is 16.0 Å². The number of ether oxygens (including phenoxy) is 3. The third kappa shape index (κ3) is 11.0. The van der Waals surface area contributed by atoms with Gasteiger partial charge < -0.3 is 24.8 Å². The fourth-order valence-electron chi connectivity index (χ4n) is 3.12.